The molecule has 1 aromatic carbocycles. The first-order valence-electron chi connectivity index (χ1n) is 6.81. The Balaban J connectivity index is 2.02. The molecular formula is C14H16BrFN2S2. The molecule has 2 atom stereocenters. The normalized spacial score (nSPS) is 22.8. The largest absolute Gasteiger partial charge is 0.331 e. The highest BCUT2D eigenvalue weighted by atomic mass is 79.9. The first-order valence-corrected chi connectivity index (χ1v) is 9.06. The first kappa shape index (κ1) is 14.6. The molecule has 2 unspecified atom stereocenters. The van der Waals surface area contributed by atoms with E-state index in [1.807, 2.05) is 11.8 Å². The van der Waals surface area contributed by atoms with Crippen molar-refractivity contribution in [1.29, 1.82) is 0 Å². The summed E-state index contributed by atoms with van der Waals surface area (Å²) in [6.07, 6.45) is 3.46. The van der Waals surface area contributed by atoms with Gasteiger partial charge in [-0.1, -0.05) is 6.92 Å². The molecular weight excluding hydrogens is 359 g/mol. The Kier molecular flexibility index (Phi) is 4.24. The van der Waals surface area contributed by atoms with Gasteiger partial charge in [0.25, 0.3) is 0 Å². The summed E-state index contributed by atoms with van der Waals surface area (Å²) in [7, 11) is 0. The third-order valence-corrected chi connectivity index (χ3v) is 6.02. The molecule has 3 rings (SSSR count). The van der Waals surface area contributed by atoms with Crippen LogP contribution in [0.4, 0.5) is 4.39 Å². The summed E-state index contributed by atoms with van der Waals surface area (Å²) >= 11 is 10.7. The Morgan fingerprint density at radius 2 is 2.30 bits per heavy atom. The topological polar surface area (TPSA) is 20.7 Å². The SMILES string of the molecule is CCSC1CCC(n2c(=S)[nH]c3cc(Br)c(F)cc32)C1. The minimum atomic E-state index is -0.238. The number of benzene rings is 1. The predicted molar refractivity (Wildman–Crippen MR) is 89.6 cm³/mol. The van der Waals surface area contributed by atoms with E-state index < -0.39 is 0 Å². The van der Waals surface area contributed by atoms with E-state index in [0.29, 0.717) is 20.5 Å². The van der Waals surface area contributed by atoms with Gasteiger partial charge in [-0.15, -0.1) is 0 Å². The molecule has 6 heteroatoms. The van der Waals surface area contributed by atoms with Crippen molar-refractivity contribution < 1.29 is 4.39 Å². The lowest BCUT2D eigenvalue weighted by atomic mass is 10.2. The van der Waals surface area contributed by atoms with Gasteiger partial charge in [0.05, 0.1) is 15.5 Å². The summed E-state index contributed by atoms with van der Waals surface area (Å²) in [4.78, 5) is 3.19. The van der Waals surface area contributed by atoms with Crippen LogP contribution in [-0.2, 0) is 0 Å². The predicted octanol–water partition coefficient (Wildman–Crippen LogP) is 5.45. The molecule has 1 aliphatic rings. The molecule has 108 valence electrons. The van der Waals surface area contributed by atoms with E-state index in [2.05, 4.69) is 32.4 Å². The number of thioether (sulfide) groups is 1. The number of nitrogens with zero attached hydrogens (tertiary/aromatic N) is 1. The highest BCUT2D eigenvalue weighted by molar-refractivity contribution is 9.10. The van der Waals surface area contributed by atoms with Crippen LogP contribution >= 0.6 is 39.9 Å². The van der Waals surface area contributed by atoms with Gasteiger partial charge in [-0.3, -0.25) is 0 Å². The molecule has 1 N–H and O–H groups in total. The number of aromatic amines is 1. The summed E-state index contributed by atoms with van der Waals surface area (Å²) in [5.41, 5.74) is 1.78. The van der Waals surface area contributed by atoms with Crippen molar-refractivity contribution in [2.45, 2.75) is 37.5 Å². The second kappa shape index (κ2) is 5.81. The lowest BCUT2D eigenvalue weighted by Crippen LogP contribution is -2.06. The molecule has 1 aliphatic carbocycles. The molecule has 2 nitrogen and oxygen atoms in total. The fraction of sp³-hybridized carbons (Fsp3) is 0.500. The molecule has 0 spiro atoms. The number of rotatable bonds is 3. The van der Waals surface area contributed by atoms with Crippen LogP contribution in [0.3, 0.4) is 0 Å². The third-order valence-electron chi connectivity index (χ3n) is 3.88. The maximum absolute atomic E-state index is 13.8. The fourth-order valence-electron chi connectivity index (χ4n) is 3.02. The molecule has 0 radical (unpaired) electrons. The number of imidazole rings is 1. The van der Waals surface area contributed by atoms with Crippen LogP contribution < -0.4 is 0 Å². The smallest absolute Gasteiger partial charge is 0.178 e. The maximum Gasteiger partial charge on any atom is 0.178 e. The van der Waals surface area contributed by atoms with Crippen molar-refractivity contribution in [3.8, 4) is 0 Å². The average Bonchev–Trinajstić information content (AvgIpc) is 2.95. The van der Waals surface area contributed by atoms with Crippen molar-refractivity contribution in [1.82, 2.24) is 9.55 Å². The Morgan fingerprint density at radius 1 is 1.50 bits per heavy atom. The Bertz CT molecular complexity index is 694. The van der Waals surface area contributed by atoms with Crippen LogP contribution in [0.15, 0.2) is 16.6 Å². The molecule has 0 saturated heterocycles. The molecule has 1 fully saturated rings. The Morgan fingerprint density at radius 3 is 3.05 bits per heavy atom. The van der Waals surface area contributed by atoms with E-state index >= 15 is 0 Å². The van der Waals surface area contributed by atoms with Gasteiger partial charge in [-0.2, -0.15) is 11.8 Å². The van der Waals surface area contributed by atoms with Crippen molar-refractivity contribution >= 4 is 50.9 Å². The van der Waals surface area contributed by atoms with Crippen molar-refractivity contribution in [3.05, 3.63) is 27.2 Å². The van der Waals surface area contributed by atoms with Gasteiger partial charge in [-0.25, -0.2) is 4.39 Å². The quantitative estimate of drug-likeness (QED) is 0.721. The molecule has 20 heavy (non-hydrogen) atoms. The lowest BCUT2D eigenvalue weighted by molar-refractivity contribution is 0.526. The highest BCUT2D eigenvalue weighted by Gasteiger charge is 2.27. The zero-order valence-corrected chi connectivity index (χ0v) is 14.4. The van der Waals surface area contributed by atoms with E-state index in [4.69, 9.17) is 12.2 Å². The van der Waals surface area contributed by atoms with Gasteiger partial charge in [-0.05, 0) is 59.2 Å². The van der Waals surface area contributed by atoms with Gasteiger partial charge in [0.1, 0.15) is 5.82 Å². The summed E-state index contributed by atoms with van der Waals surface area (Å²) in [6, 6.07) is 3.73. The van der Waals surface area contributed by atoms with Crippen molar-refractivity contribution in [3.63, 3.8) is 0 Å². The molecule has 0 amide bonds. The van der Waals surface area contributed by atoms with Crippen LogP contribution in [0.25, 0.3) is 11.0 Å². The van der Waals surface area contributed by atoms with Crippen LogP contribution in [0.1, 0.15) is 32.2 Å². The zero-order valence-electron chi connectivity index (χ0n) is 11.2. The summed E-state index contributed by atoms with van der Waals surface area (Å²) in [5, 5.41) is 0.706. The standard InChI is InChI=1S/C14H16BrFN2S2/c1-2-20-9-4-3-8(5-9)18-13-7-11(16)10(15)6-12(13)17-14(18)19/h6-9H,2-5H2,1H3,(H,17,19). The van der Waals surface area contributed by atoms with Gasteiger partial charge >= 0.3 is 0 Å². The monoisotopic (exact) mass is 374 g/mol. The summed E-state index contributed by atoms with van der Waals surface area (Å²) in [5.74, 6) is 0.913. The number of halogens is 2. The highest BCUT2D eigenvalue weighted by Crippen LogP contribution is 2.39. The van der Waals surface area contributed by atoms with Crippen molar-refractivity contribution in [2.75, 3.05) is 5.75 Å². The minimum absolute atomic E-state index is 0.238. The van der Waals surface area contributed by atoms with E-state index in [1.165, 1.54) is 6.42 Å². The van der Waals surface area contributed by atoms with E-state index in [9.17, 15) is 4.39 Å². The number of fused-ring (bicyclic) bond motifs is 1. The molecule has 2 aromatic rings. The molecule has 1 saturated carbocycles. The number of aromatic nitrogens is 2. The number of hydrogen-bond donors (Lipinski definition) is 1. The number of nitrogens with one attached hydrogen (secondary N) is 1. The van der Waals surface area contributed by atoms with Gasteiger partial charge in [0.2, 0.25) is 0 Å². The maximum atomic E-state index is 13.8. The second-order valence-corrected chi connectivity index (χ2v) is 7.95. The van der Waals surface area contributed by atoms with Crippen LogP contribution in [0.5, 0.6) is 0 Å². The first-order chi connectivity index (χ1) is 9.60. The van der Waals surface area contributed by atoms with Crippen molar-refractivity contribution in [2.24, 2.45) is 0 Å². The molecule has 0 bridgehead atoms. The average molecular weight is 375 g/mol. The van der Waals surface area contributed by atoms with Crippen LogP contribution in [-0.4, -0.2) is 20.6 Å². The number of hydrogen-bond acceptors (Lipinski definition) is 2. The lowest BCUT2D eigenvalue weighted by Gasteiger charge is -2.14. The van der Waals surface area contributed by atoms with Gasteiger partial charge < -0.3 is 9.55 Å². The minimum Gasteiger partial charge on any atom is -0.331 e. The molecule has 1 aromatic heterocycles. The Hall–Kier alpha value is -0.330. The number of H-pyrrole nitrogens is 1. The van der Waals surface area contributed by atoms with Gasteiger partial charge in [0, 0.05) is 17.4 Å². The summed E-state index contributed by atoms with van der Waals surface area (Å²) in [6.45, 7) is 2.20. The Labute approximate surface area is 135 Å². The van der Waals surface area contributed by atoms with Gasteiger partial charge in [0.15, 0.2) is 4.77 Å². The van der Waals surface area contributed by atoms with E-state index in [1.54, 1.807) is 12.1 Å². The van der Waals surface area contributed by atoms with Crippen LogP contribution in [0, 0.1) is 10.6 Å². The van der Waals surface area contributed by atoms with E-state index in [0.717, 1.165) is 29.6 Å². The third kappa shape index (κ3) is 2.57. The van der Waals surface area contributed by atoms with E-state index in [-0.39, 0.29) is 5.82 Å². The zero-order chi connectivity index (χ0) is 14.3. The molecule has 0 aliphatic heterocycles. The second-order valence-electron chi connectivity index (χ2n) is 5.13. The van der Waals surface area contributed by atoms with Crippen LogP contribution in [0.2, 0.25) is 0 Å². The molecule has 1 heterocycles. The fourth-order valence-corrected chi connectivity index (χ4v) is 4.86. The summed E-state index contributed by atoms with van der Waals surface area (Å²) < 4.78 is 17.1.